The molecule has 0 unspecified atom stereocenters. The van der Waals surface area contributed by atoms with E-state index in [0.717, 1.165) is 49.6 Å². The zero-order chi connectivity index (χ0) is 49.7. The number of carbonyl (C=O) groups excluding carboxylic acids is 1. The Morgan fingerprint density at radius 3 is 1.19 bits per heavy atom. The van der Waals surface area contributed by atoms with Crippen molar-refractivity contribution < 1.29 is 92.9 Å². The number of esters is 1. The number of ether oxygens (including phenoxy) is 1. The van der Waals surface area contributed by atoms with Gasteiger partial charge in [-0.1, -0.05) is 38.3 Å². The first-order valence-electron chi connectivity index (χ1n) is 17.6. The molecule has 0 aliphatic heterocycles. The van der Waals surface area contributed by atoms with Crippen LogP contribution in [0.2, 0.25) is 26.2 Å². The zero-order valence-electron chi connectivity index (χ0n) is 40.2. The number of carboxylic acid groups (broad SMARTS) is 2. The summed E-state index contributed by atoms with van der Waals surface area (Å²) in [5, 5.41) is 29.2. The third kappa shape index (κ3) is 45.6. The SMILES string of the molecule is COC(=O)c1ccc(SC)nc1.CSc1ccc(C(=O)O)cn1.CSc1ccc(CCl)cn1.CSc1ccc(CO)cn1.C[S-].C[Si](C)(C)C.O=C(O)c1ccc(F)nc1.O=S(Cl)Cl.[B].[H-].[Li+].[Na+]. The van der Waals surface area contributed by atoms with Gasteiger partial charge >= 0.3 is 66.3 Å². The Bertz CT molecular complexity index is 1940. The smallest absolute Gasteiger partial charge is 1.00 e. The molecule has 0 aliphatic rings. The Kier molecular flexibility index (Phi) is 55.7. The number of pyridine rings is 5. The summed E-state index contributed by atoms with van der Waals surface area (Å²) in [4.78, 5) is 50.7. The van der Waals surface area contributed by atoms with Crippen molar-refractivity contribution in [1.82, 2.24) is 24.9 Å². The van der Waals surface area contributed by atoms with Crippen molar-refractivity contribution in [2.75, 3.05) is 38.4 Å². The predicted molar refractivity (Wildman–Crippen MR) is 278 cm³/mol. The number of aliphatic hydroxyl groups is 1. The number of hydrogen-bond donors (Lipinski definition) is 3. The van der Waals surface area contributed by atoms with E-state index in [4.69, 9.17) is 31.1 Å². The third-order valence-electron chi connectivity index (χ3n) is 5.88. The van der Waals surface area contributed by atoms with E-state index >= 15 is 0 Å². The number of nitrogens with zero attached hydrogens (tertiary/aromatic N) is 5. The van der Waals surface area contributed by atoms with E-state index in [1.165, 1.54) is 43.0 Å². The molecule has 5 aromatic rings. The quantitative estimate of drug-likeness (QED) is 0.0347. The third-order valence-corrected chi connectivity index (χ3v) is 8.83. The molecule has 5 aromatic heterocycles. The maximum absolute atomic E-state index is 12.0. The number of alkyl halides is 1. The maximum atomic E-state index is 12.0. The number of carboxylic acids is 2. The van der Waals surface area contributed by atoms with Gasteiger partial charge in [-0.05, 0) is 84.7 Å². The van der Waals surface area contributed by atoms with E-state index in [2.05, 4.69) is 89.8 Å². The van der Waals surface area contributed by atoms with Gasteiger partial charge in [0.1, 0.15) is 0 Å². The Hall–Kier alpha value is -1.30. The summed E-state index contributed by atoms with van der Waals surface area (Å²) in [5.41, 5.74) is 2.62. The average molecular weight is 1120 g/mol. The molecule has 3 N–H and O–H groups in total. The number of aromatic carboxylic acids is 2. The summed E-state index contributed by atoms with van der Waals surface area (Å²) in [6.07, 6.45) is 16.7. The van der Waals surface area contributed by atoms with Crippen molar-refractivity contribution in [1.29, 1.82) is 0 Å². The van der Waals surface area contributed by atoms with E-state index < -0.39 is 35.2 Å². The van der Waals surface area contributed by atoms with Crippen molar-refractivity contribution in [3.63, 3.8) is 0 Å². The molecule has 0 bridgehead atoms. The standard InChI is InChI=1S/C8H9NO2S.C7H8ClNS.C7H7NO2S.C7H9NOS.C6H4FNO2.C4H12Si.CH4S.B.Cl2OS.Li.Na.H/c1-11-8(10)6-3-4-7(12-2)9-5-6;1-10-7-3-2-6(4-8)5-9-7;1-11-6-3-2-5(4-8-6)7(9)10;1-10-7-3-2-6(5-9)4-8-7;7-5-2-1-4(3-8-5)6(9)10;1-5(2,3)4;1-2;;1-4(2)3;;;/h3-5H,1-2H3;2-3,5H,4H2,1H3;2-4H,1H3,(H,9,10);2-4,9H,5H2,1H3;1-3H,(H,9,10);1-4H3;2H,1H3;;;;;/q;;;;;;;;;2*+1;-1/p-1. The number of thioether (sulfide) groups is 4. The molecule has 13 nitrogen and oxygen atoms in total. The second kappa shape index (κ2) is 48.3. The summed E-state index contributed by atoms with van der Waals surface area (Å²) in [5.74, 6) is -2.53. The van der Waals surface area contributed by atoms with Gasteiger partial charge < -0.3 is 34.1 Å². The first-order valence-corrected chi connectivity index (χ1v) is 30.7. The Labute approximate surface area is 471 Å². The van der Waals surface area contributed by atoms with Crippen molar-refractivity contribution in [3.8, 4) is 0 Å². The van der Waals surface area contributed by atoms with Crippen LogP contribution in [0.1, 0.15) is 43.6 Å². The average Bonchev–Trinajstić information content (AvgIpc) is 3.29. The predicted octanol–water partition coefficient (Wildman–Crippen LogP) is 4.75. The van der Waals surface area contributed by atoms with Gasteiger partial charge in [-0.15, -0.1) is 58.6 Å². The van der Waals surface area contributed by atoms with Crippen LogP contribution in [0.3, 0.4) is 0 Å². The van der Waals surface area contributed by atoms with Crippen molar-refractivity contribution in [2.45, 2.75) is 58.8 Å². The first-order chi connectivity index (χ1) is 30.2. The fraction of sp³-hybridized carbons (Fsp3) is 0.300. The van der Waals surface area contributed by atoms with Gasteiger partial charge in [-0.3, -0.25) is 0 Å². The number of methoxy groups -OCH3 is 1. The summed E-state index contributed by atoms with van der Waals surface area (Å²) >= 11 is 15.9. The van der Waals surface area contributed by atoms with Crippen molar-refractivity contribution in [2.24, 2.45) is 0 Å². The molecule has 0 atom stereocenters. The van der Waals surface area contributed by atoms with Crippen LogP contribution in [0.5, 0.6) is 0 Å². The molecule has 0 saturated carbocycles. The molecule has 0 spiro atoms. The van der Waals surface area contributed by atoms with E-state index in [0.29, 0.717) is 11.4 Å². The molecule has 0 aromatic carbocycles. The molecular weight excluding hydrogens is 1070 g/mol. The molecule has 359 valence electrons. The van der Waals surface area contributed by atoms with Crippen LogP contribution in [0.15, 0.2) is 112 Å². The Morgan fingerprint density at radius 2 is 0.970 bits per heavy atom. The first kappa shape index (κ1) is 77.2. The Morgan fingerprint density at radius 1 is 0.672 bits per heavy atom. The van der Waals surface area contributed by atoms with Crippen LogP contribution in [0.25, 0.3) is 0 Å². The maximum Gasteiger partial charge on any atom is 1.00 e. The summed E-state index contributed by atoms with van der Waals surface area (Å²) in [6.45, 7) is 9.38. The van der Waals surface area contributed by atoms with Crippen molar-refractivity contribution >= 4 is 136 Å². The van der Waals surface area contributed by atoms with E-state index in [1.807, 2.05) is 49.3 Å². The minimum absolute atomic E-state index is 0. The molecule has 0 saturated heterocycles. The van der Waals surface area contributed by atoms with Gasteiger partial charge in [0.15, 0.2) is 0 Å². The molecule has 0 fully saturated rings. The van der Waals surface area contributed by atoms with Crippen LogP contribution >= 0.6 is 80.0 Å². The molecule has 3 radical (unpaired) electrons. The molecule has 5 rings (SSSR count). The summed E-state index contributed by atoms with van der Waals surface area (Å²) in [6, 6.07) is 16.6. The topological polar surface area (TPSA) is 203 Å². The zero-order valence-corrected chi connectivity index (χ0v) is 49.4. The fourth-order valence-electron chi connectivity index (χ4n) is 3.11. The summed E-state index contributed by atoms with van der Waals surface area (Å²) < 4.78 is 25.7. The largest absolute Gasteiger partial charge is 1.00 e. The van der Waals surface area contributed by atoms with E-state index in [-0.39, 0.29) is 82.0 Å². The molecular formula is C40H53BCl3FLiN5NaO8S6Si. The van der Waals surface area contributed by atoms with Gasteiger partial charge in [0, 0.05) is 74.7 Å². The number of aromatic nitrogens is 5. The Balaban J connectivity index is -0.000000128. The van der Waals surface area contributed by atoms with Crippen LogP contribution in [-0.2, 0) is 39.1 Å². The molecule has 27 heteroatoms. The van der Waals surface area contributed by atoms with Gasteiger partial charge in [0.2, 0.25) is 15.2 Å². The van der Waals surface area contributed by atoms with Gasteiger partial charge in [-0.2, -0.15) is 10.6 Å². The van der Waals surface area contributed by atoms with E-state index in [9.17, 15) is 18.8 Å². The monoisotopic (exact) mass is 1120 g/mol. The van der Waals surface area contributed by atoms with Gasteiger partial charge in [0.25, 0.3) is 0 Å². The summed E-state index contributed by atoms with van der Waals surface area (Å²) in [7, 11) is 8.10. The van der Waals surface area contributed by atoms with Crippen LogP contribution in [-0.4, -0.2) is 117 Å². The second-order valence-corrected chi connectivity index (χ2v) is 24.6. The van der Waals surface area contributed by atoms with Gasteiger partial charge in [0.05, 0.1) is 50.5 Å². The normalized spacial score (nSPS) is 9.09. The molecule has 0 aliphatic carbocycles. The number of rotatable bonds is 9. The number of aliphatic hydroxyl groups excluding tert-OH is 1. The molecule has 67 heavy (non-hydrogen) atoms. The van der Waals surface area contributed by atoms with Crippen LogP contribution in [0.4, 0.5) is 4.39 Å². The number of hydrogen-bond acceptors (Lipinski definition) is 16. The van der Waals surface area contributed by atoms with Crippen LogP contribution < -0.4 is 48.4 Å². The fourth-order valence-corrected chi connectivity index (χ4v) is 4.71. The van der Waals surface area contributed by atoms with Crippen LogP contribution in [0, 0.1) is 5.95 Å². The van der Waals surface area contributed by atoms with Crippen molar-refractivity contribution in [3.05, 3.63) is 125 Å². The van der Waals surface area contributed by atoms with E-state index in [1.54, 1.807) is 66.4 Å². The number of carbonyl (C=O) groups is 3. The number of halogens is 4. The minimum atomic E-state index is -1.67. The second-order valence-electron chi connectivity index (χ2n) is 12.5. The minimum Gasteiger partial charge on any atom is -1.00 e. The molecule has 0 amide bonds. The van der Waals surface area contributed by atoms with Gasteiger partial charge in [-0.25, -0.2) is 43.5 Å². The molecule has 5 heterocycles.